The third-order valence-corrected chi connectivity index (χ3v) is 8.08. The Kier molecular flexibility index (Phi) is 8.51. The molecule has 1 amide bonds. The molecule has 1 aliphatic carbocycles. The normalized spacial score (nSPS) is 21.9. The number of rotatable bonds is 9. The molecule has 214 valence electrons. The number of nitro benzene ring substituents is 1. The van der Waals surface area contributed by atoms with E-state index in [0.29, 0.717) is 49.4 Å². The molecule has 11 nitrogen and oxygen atoms in total. The average Bonchev–Trinajstić information content (AvgIpc) is 3.39. The highest BCUT2D eigenvalue weighted by Gasteiger charge is 2.35. The summed E-state index contributed by atoms with van der Waals surface area (Å²) in [7, 11) is 1.41. The third-order valence-electron chi connectivity index (χ3n) is 8.08. The van der Waals surface area contributed by atoms with Crippen LogP contribution in [0.5, 0.6) is 5.75 Å². The standard InChI is InChI=1S/C29H36N4O7/c1-38-27-16-25-23(15-26(27)33(36)37)17-32(30-25)24-7-11-29(35,12-8-24)20-39-18-22-9-13-31(14-10-22)28(34)40-19-21-5-3-2-4-6-21/h2-6,15-17,22,24,35H,7-14,18-20H2,1H3. The highest BCUT2D eigenvalue weighted by Crippen LogP contribution is 2.37. The molecule has 0 bridgehead atoms. The zero-order chi connectivity index (χ0) is 28.1. The van der Waals surface area contributed by atoms with Crippen molar-refractivity contribution in [3.05, 3.63) is 64.3 Å². The zero-order valence-electron chi connectivity index (χ0n) is 22.7. The number of methoxy groups -OCH3 is 1. The fraction of sp³-hybridized carbons (Fsp3) is 0.517. The van der Waals surface area contributed by atoms with Crippen molar-refractivity contribution in [3.8, 4) is 5.75 Å². The number of piperidine rings is 1. The number of ether oxygens (including phenoxy) is 3. The van der Waals surface area contributed by atoms with Gasteiger partial charge in [0.1, 0.15) is 6.61 Å². The van der Waals surface area contributed by atoms with Gasteiger partial charge in [-0.2, -0.15) is 5.10 Å². The molecule has 2 heterocycles. The Morgan fingerprint density at radius 2 is 1.88 bits per heavy atom. The summed E-state index contributed by atoms with van der Waals surface area (Å²) in [4.78, 5) is 25.0. The smallest absolute Gasteiger partial charge is 0.410 e. The van der Waals surface area contributed by atoms with Crippen molar-refractivity contribution in [2.45, 2.75) is 56.8 Å². The van der Waals surface area contributed by atoms with Crippen molar-refractivity contribution in [3.63, 3.8) is 0 Å². The summed E-state index contributed by atoms with van der Waals surface area (Å²) < 4.78 is 18.4. The maximum Gasteiger partial charge on any atom is 0.410 e. The van der Waals surface area contributed by atoms with Crippen molar-refractivity contribution < 1.29 is 29.0 Å². The number of carbonyl (C=O) groups excluding carboxylic acids is 1. The molecule has 0 spiro atoms. The van der Waals surface area contributed by atoms with Crippen LogP contribution >= 0.6 is 0 Å². The zero-order valence-corrected chi connectivity index (χ0v) is 22.7. The maximum atomic E-state index is 12.4. The van der Waals surface area contributed by atoms with Gasteiger partial charge < -0.3 is 24.2 Å². The van der Waals surface area contributed by atoms with Crippen LogP contribution in [0.2, 0.25) is 0 Å². The Balaban J connectivity index is 1.04. The molecule has 1 N–H and O–H groups in total. The minimum absolute atomic E-state index is 0.0848. The number of benzene rings is 2. The van der Waals surface area contributed by atoms with Gasteiger partial charge in [0.25, 0.3) is 0 Å². The first-order chi connectivity index (χ1) is 19.3. The van der Waals surface area contributed by atoms with E-state index < -0.39 is 10.5 Å². The lowest BCUT2D eigenvalue weighted by atomic mass is 9.83. The average molecular weight is 553 g/mol. The molecule has 5 rings (SSSR count). The van der Waals surface area contributed by atoms with Crippen LogP contribution in [0.15, 0.2) is 48.7 Å². The highest BCUT2D eigenvalue weighted by molar-refractivity contribution is 5.83. The van der Waals surface area contributed by atoms with Crippen LogP contribution in [0.25, 0.3) is 10.9 Å². The van der Waals surface area contributed by atoms with Crippen LogP contribution in [-0.2, 0) is 16.1 Å². The summed E-state index contributed by atoms with van der Waals surface area (Å²) in [6.45, 7) is 2.39. The molecule has 1 saturated carbocycles. The summed E-state index contributed by atoms with van der Waals surface area (Å²) in [5, 5.41) is 27.8. The Bertz CT molecular complexity index is 1310. The van der Waals surface area contributed by atoms with Crippen molar-refractivity contribution in [2.75, 3.05) is 33.4 Å². The molecule has 2 aromatic carbocycles. The number of amides is 1. The summed E-state index contributed by atoms with van der Waals surface area (Å²) in [5.41, 5.74) is 0.643. The van der Waals surface area contributed by atoms with Gasteiger partial charge in [-0.05, 0) is 50.0 Å². The Hall–Kier alpha value is -3.70. The highest BCUT2D eigenvalue weighted by atomic mass is 16.6. The topological polar surface area (TPSA) is 129 Å². The molecule has 2 fully saturated rings. The van der Waals surface area contributed by atoms with E-state index in [1.54, 1.807) is 11.0 Å². The quantitative estimate of drug-likeness (QED) is 0.294. The van der Waals surface area contributed by atoms with E-state index >= 15 is 0 Å². The van der Waals surface area contributed by atoms with E-state index in [9.17, 15) is 20.0 Å². The van der Waals surface area contributed by atoms with Crippen molar-refractivity contribution in [1.82, 2.24) is 14.7 Å². The Morgan fingerprint density at radius 1 is 1.15 bits per heavy atom. The van der Waals surface area contributed by atoms with E-state index in [-0.39, 0.29) is 36.8 Å². The molecular weight excluding hydrogens is 516 g/mol. The molecule has 40 heavy (non-hydrogen) atoms. The van der Waals surface area contributed by atoms with Crippen molar-refractivity contribution >= 4 is 22.7 Å². The second kappa shape index (κ2) is 12.2. The fourth-order valence-electron chi connectivity index (χ4n) is 5.61. The van der Waals surface area contributed by atoms with Crippen LogP contribution < -0.4 is 4.74 Å². The molecular formula is C29H36N4O7. The first-order valence-corrected chi connectivity index (χ1v) is 13.8. The first-order valence-electron chi connectivity index (χ1n) is 13.8. The summed E-state index contributed by atoms with van der Waals surface area (Å²) >= 11 is 0. The van der Waals surface area contributed by atoms with Gasteiger partial charge in [0, 0.05) is 43.4 Å². The maximum absolute atomic E-state index is 12.4. The SMILES string of the molecule is COc1cc2nn(C3CCC(O)(COCC4CCN(C(=O)OCc5ccccc5)CC4)CC3)cc2cc1[N+](=O)[O-]. The van der Waals surface area contributed by atoms with Gasteiger partial charge in [-0.1, -0.05) is 30.3 Å². The summed E-state index contributed by atoms with van der Waals surface area (Å²) in [6.07, 6.45) is 5.88. The summed E-state index contributed by atoms with van der Waals surface area (Å²) in [6, 6.07) is 12.8. The monoisotopic (exact) mass is 552 g/mol. The number of hydrogen-bond donors (Lipinski definition) is 1. The second-order valence-corrected chi connectivity index (χ2v) is 10.9. The van der Waals surface area contributed by atoms with E-state index in [1.807, 2.05) is 41.2 Å². The largest absolute Gasteiger partial charge is 0.490 e. The molecule has 0 atom stereocenters. The fourth-order valence-corrected chi connectivity index (χ4v) is 5.61. The summed E-state index contributed by atoms with van der Waals surface area (Å²) in [5.74, 6) is 0.530. The minimum Gasteiger partial charge on any atom is -0.490 e. The van der Waals surface area contributed by atoms with Gasteiger partial charge in [0.05, 0.1) is 35.8 Å². The third kappa shape index (κ3) is 6.53. The number of aromatic nitrogens is 2. The van der Waals surface area contributed by atoms with E-state index in [1.165, 1.54) is 13.2 Å². The molecule has 3 aromatic rings. The lowest BCUT2D eigenvalue weighted by Crippen LogP contribution is -2.41. The number of nitrogens with zero attached hydrogens (tertiary/aromatic N) is 4. The molecule has 2 aliphatic rings. The Morgan fingerprint density at radius 3 is 2.55 bits per heavy atom. The molecule has 0 unspecified atom stereocenters. The molecule has 1 aromatic heterocycles. The number of hydrogen-bond acceptors (Lipinski definition) is 8. The number of aliphatic hydroxyl groups is 1. The van der Waals surface area contributed by atoms with Crippen molar-refractivity contribution in [2.24, 2.45) is 5.92 Å². The Labute approximate surface area is 232 Å². The second-order valence-electron chi connectivity index (χ2n) is 10.9. The number of likely N-dealkylation sites (tertiary alicyclic amines) is 1. The van der Waals surface area contributed by atoms with Gasteiger partial charge in [-0.15, -0.1) is 0 Å². The van der Waals surface area contributed by atoms with Crippen LogP contribution in [0.4, 0.5) is 10.5 Å². The van der Waals surface area contributed by atoms with E-state index in [2.05, 4.69) is 5.10 Å². The van der Waals surface area contributed by atoms with Gasteiger partial charge >= 0.3 is 11.8 Å². The minimum atomic E-state index is -0.882. The number of fused-ring (bicyclic) bond motifs is 1. The van der Waals surface area contributed by atoms with Crippen LogP contribution in [0.1, 0.15) is 50.1 Å². The van der Waals surface area contributed by atoms with Gasteiger partial charge in [0.2, 0.25) is 0 Å². The van der Waals surface area contributed by atoms with E-state index in [0.717, 1.165) is 31.2 Å². The molecule has 1 aliphatic heterocycles. The van der Waals surface area contributed by atoms with E-state index in [4.69, 9.17) is 14.2 Å². The first kappa shape index (κ1) is 27.9. The predicted octanol–water partition coefficient (Wildman–Crippen LogP) is 4.86. The van der Waals surface area contributed by atoms with Crippen LogP contribution in [-0.4, -0.2) is 69.8 Å². The molecule has 0 radical (unpaired) electrons. The number of carbonyl (C=O) groups is 1. The van der Waals surface area contributed by atoms with Gasteiger partial charge in [-0.25, -0.2) is 4.79 Å². The predicted molar refractivity (Wildman–Crippen MR) is 147 cm³/mol. The van der Waals surface area contributed by atoms with Gasteiger partial charge in [-0.3, -0.25) is 14.8 Å². The lowest BCUT2D eigenvalue weighted by molar-refractivity contribution is -0.385. The number of nitro groups is 1. The molecule has 11 heteroatoms. The van der Waals surface area contributed by atoms with Gasteiger partial charge in [0.15, 0.2) is 5.75 Å². The van der Waals surface area contributed by atoms with Crippen LogP contribution in [0, 0.1) is 16.0 Å². The lowest BCUT2D eigenvalue weighted by Gasteiger charge is -2.36. The van der Waals surface area contributed by atoms with Crippen molar-refractivity contribution in [1.29, 1.82) is 0 Å². The molecule has 1 saturated heterocycles. The van der Waals surface area contributed by atoms with Crippen LogP contribution in [0.3, 0.4) is 0 Å².